The second-order valence-corrected chi connectivity index (χ2v) is 5.76. The van der Waals surface area contributed by atoms with E-state index in [0.29, 0.717) is 12.3 Å². The summed E-state index contributed by atoms with van der Waals surface area (Å²) in [5, 5.41) is 15.3. The summed E-state index contributed by atoms with van der Waals surface area (Å²) in [5.41, 5.74) is 2.11. The number of benzene rings is 1. The highest BCUT2D eigenvalue weighted by molar-refractivity contribution is 5.90. The number of carbonyl (C=O) groups excluding carboxylic acids is 1. The molecule has 0 saturated carbocycles. The fourth-order valence-electron chi connectivity index (χ4n) is 2.87. The van der Waals surface area contributed by atoms with Crippen molar-refractivity contribution < 1.29 is 14.7 Å². The molecule has 3 N–H and O–H groups in total. The molecule has 1 atom stereocenters. The minimum absolute atomic E-state index is 0.0789. The predicted octanol–water partition coefficient (Wildman–Crippen LogP) is 2.39. The smallest absolute Gasteiger partial charge is 0.305 e. The van der Waals surface area contributed by atoms with Crippen LogP contribution in [0.1, 0.15) is 44.1 Å². The maximum absolute atomic E-state index is 11.8. The molecular formula is C17H24N2O3. The van der Waals surface area contributed by atoms with Gasteiger partial charge in [-0.15, -0.1) is 0 Å². The van der Waals surface area contributed by atoms with Crippen LogP contribution in [0.15, 0.2) is 24.3 Å². The van der Waals surface area contributed by atoms with Crippen LogP contribution in [0.4, 0.5) is 5.69 Å². The van der Waals surface area contributed by atoms with Gasteiger partial charge in [0.25, 0.3) is 0 Å². The normalized spacial score (nSPS) is 17.0. The summed E-state index contributed by atoms with van der Waals surface area (Å²) >= 11 is 0. The van der Waals surface area contributed by atoms with Crippen molar-refractivity contribution in [1.82, 2.24) is 5.32 Å². The molecule has 5 nitrogen and oxygen atoms in total. The second-order valence-electron chi connectivity index (χ2n) is 5.76. The van der Waals surface area contributed by atoms with E-state index in [1.807, 2.05) is 12.1 Å². The summed E-state index contributed by atoms with van der Waals surface area (Å²) in [5.74, 6) is -0.460. The molecule has 1 heterocycles. The zero-order chi connectivity index (χ0) is 15.9. The first-order chi connectivity index (χ1) is 10.6. The molecule has 22 heavy (non-hydrogen) atoms. The lowest BCUT2D eigenvalue weighted by molar-refractivity contribution is -0.138. The Kier molecular flexibility index (Phi) is 5.95. The molecule has 1 unspecified atom stereocenters. The Morgan fingerprint density at radius 2 is 1.91 bits per heavy atom. The molecule has 0 radical (unpaired) electrons. The van der Waals surface area contributed by atoms with Crippen LogP contribution < -0.4 is 10.6 Å². The Balaban J connectivity index is 2.01. The van der Waals surface area contributed by atoms with E-state index < -0.39 is 12.0 Å². The van der Waals surface area contributed by atoms with Crippen LogP contribution >= 0.6 is 0 Å². The highest BCUT2D eigenvalue weighted by Gasteiger charge is 2.20. The second kappa shape index (κ2) is 7.94. The molecule has 5 heteroatoms. The van der Waals surface area contributed by atoms with Gasteiger partial charge in [-0.05, 0) is 49.5 Å². The van der Waals surface area contributed by atoms with E-state index in [1.54, 1.807) is 6.92 Å². The minimum atomic E-state index is -0.967. The molecule has 1 fully saturated rings. The van der Waals surface area contributed by atoms with Crippen LogP contribution in [0.25, 0.3) is 0 Å². The van der Waals surface area contributed by atoms with Gasteiger partial charge in [0.15, 0.2) is 5.78 Å². The number of carboxylic acids is 1. The molecule has 0 aromatic heterocycles. The van der Waals surface area contributed by atoms with Crippen molar-refractivity contribution in [2.75, 3.05) is 18.4 Å². The number of rotatable bonds is 7. The number of piperidine rings is 1. The fourth-order valence-corrected chi connectivity index (χ4v) is 2.87. The van der Waals surface area contributed by atoms with Gasteiger partial charge in [-0.25, -0.2) is 0 Å². The highest BCUT2D eigenvalue weighted by Crippen LogP contribution is 2.26. The Morgan fingerprint density at radius 3 is 2.45 bits per heavy atom. The highest BCUT2D eigenvalue weighted by atomic mass is 16.4. The number of hydrogen-bond acceptors (Lipinski definition) is 4. The molecule has 1 aromatic carbocycles. The first-order valence-corrected chi connectivity index (χ1v) is 7.92. The van der Waals surface area contributed by atoms with Crippen molar-refractivity contribution in [2.24, 2.45) is 0 Å². The average molecular weight is 304 g/mol. The third kappa shape index (κ3) is 4.56. The number of ketones is 1. The molecule has 1 aromatic rings. The van der Waals surface area contributed by atoms with Crippen molar-refractivity contribution >= 4 is 17.4 Å². The number of carbonyl (C=O) groups is 2. The monoisotopic (exact) mass is 304 g/mol. The van der Waals surface area contributed by atoms with Crippen LogP contribution in [0.5, 0.6) is 0 Å². The quantitative estimate of drug-likeness (QED) is 0.721. The van der Waals surface area contributed by atoms with Gasteiger partial charge in [0.2, 0.25) is 0 Å². The van der Waals surface area contributed by atoms with Gasteiger partial charge in [-0.2, -0.15) is 0 Å². The van der Waals surface area contributed by atoms with Gasteiger partial charge in [0.1, 0.15) is 0 Å². The summed E-state index contributed by atoms with van der Waals surface area (Å²) in [6.07, 6.45) is 2.42. The Bertz CT molecular complexity index is 507. The fraction of sp³-hybridized carbons (Fsp3) is 0.529. The van der Waals surface area contributed by atoms with Gasteiger partial charge < -0.3 is 15.7 Å². The summed E-state index contributed by atoms with van der Waals surface area (Å²) in [6.45, 7) is 3.85. The molecule has 120 valence electrons. The van der Waals surface area contributed by atoms with E-state index in [4.69, 9.17) is 5.11 Å². The molecule has 1 aliphatic rings. The molecule has 1 saturated heterocycles. The first kappa shape index (κ1) is 16.5. The summed E-state index contributed by atoms with van der Waals surface area (Å²) in [4.78, 5) is 22.7. The van der Waals surface area contributed by atoms with E-state index in [0.717, 1.165) is 31.6 Å². The largest absolute Gasteiger partial charge is 0.481 e. The molecule has 2 rings (SSSR count). The number of Topliss-reactive ketones (excluding diaryl/α,β-unsaturated/α-hetero) is 1. The Hall–Kier alpha value is -1.88. The zero-order valence-electron chi connectivity index (χ0n) is 13.0. The number of anilines is 1. The average Bonchev–Trinajstić information content (AvgIpc) is 2.54. The minimum Gasteiger partial charge on any atom is -0.481 e. The van der Waals surface area contributed by atoms with Gasteiger partial charge in [-0.1, -0.05) is 19.1 Å². The summed E-state index contributed by atoms with van der Waals surface area (Å²) in [6, 6.07) is 7.37. The Labute approximate surface area is 131 Å². The number of hydrogen-bond donors (Lipinski definition) is 3. The van der Waals surface area contributed by atoms with Crippen LogP contribution in [-0.4, -0.2) is 36.0 Å². The van der Waals surface area contributed by atoms with Crippen molar-refractivity contribution in [2.45, 2.75) is 44.6 Å². The van der Waals surface area contributed by atoms with Crippen molar-refractivity contribution in [3.63, 3.8) is 0 Å². The lowest BCUT2D eigenvalue weighted by Crippen LogP contribution is -2.31. The van der Waals surface area contributed by atoms with Gasteiger partial charge in [-0.3, -0.25) is 9.59 Å². The molecule has 0 bridgehead atoms. The Morgan fingerprint density at radius 1 is 1.27 bits per heavy atom. The maximum atomic E-state index is 11.8. The summed E-state index contributed by atoms with van der Waals surface area (Å²) in [7, 11) is 0. The topological polar surface area (TPSA) is 78.4 Å². The van der Waals surface area contributed by atoms with Crippen LogP contribution in [0.3, 0.4) is 0 Å². The molecular weight excluding hydrogens is 280 g/mol. The number of aliphatic carboxylic acids is 1. The molecule has 1 aliphatic heterocycles. The van der Waals surface area contributed by atoms with Crippen LogP contribution in [0, 0.1) is 0 Å². The predicted molar refractivity (Wildman–Crippen MR) is 86.2 cm³/mol. The SMILES string of the molecule is CCC(=O)C(CC(=O)O)Nc1ccc(C2CCNCC2)cc1. The third-order valence-corrected chi connectivity index (χ3v) is 4.18. The van der Waals surface area contributed by atoms with Crippen LogP contribution in [0.2, 0.25) is 0 Å². The van der Waals surface area contributed by atoms with E-state index in [1.165, 1.54) is 5.56 Å². The number of carboxylic acid groups (broad SMARTS) is 1. The standard InChI is InChI=1S/C17H24N2O3/c1-2-16(20)15(11-17(21)22)19-14-5-3-12(4-6-14)13-7-9-18-10-8-13/h3-6,13,15,18-19H,2,7-11H2,1H3,(H,21,22). The maximum Gasteiger partial charge on any atom is 0.305 e. The molecule has 0 spiro atoms. The van der Waals surface area contributed by atoms with Crippen molar-refractivity contribution in [1.29, 1.82) is 0 Å². The van der Waals surface area contributed by atoms with E-state index in [9.17, 15) is 9.59 Å². The molecule has 0 aliphatic carbocycles. The molecule has 0 amide bonds. The van der Waals surface area contributed by atoms with Crippen molar-refractivity contribution in [3.05, 3.63) is 29.8 Å². The lowest BCUT2D eigenvalue weighted by atomic mass is 9.90. The summed E-state index contributed by atoms with van der Waals surface area (Å²) < 4.78 is 0. The van der Waals surface area contributed by atoms with Gasteiger partial charge in [0, 0.05) is 12.1 Å². The van der Waals surface area contributed by atoms with E-state index in [2.05, 4.69) is 22.8 Å². The van der Waals surface area contributed by atoms with E-state index in [-0.39, 0.29) is 12.2 Å². The van der Waals surface area contributed by atoms with E-state index >= 15 is 0 Å². The zero-order valence-corrected chi connectivity index (χ0v) is 13.0. The third-order valence-electron chi connectivity index (χ3n) is 4.18. The van der Waals surface area contributed by atoms with Gasteiger partial charge in [0.05, 0.1) is 12.5 Å². The van der Waals surface area contributed by atoms with Crippen LogP contribution in [-0.2, 0) is 9.59 Å². The first-order valence-electron chi connectivity index (χ1n) is 7.92. The van der Waals surface area contributed by atoms with Crippen molar-refractivity contribution in [3.8, 4) is 0 Å². The van der Waals surface area contributed by atoms with Gasteiger partial charge >= 0.3 is 5.97 Å². The lowest BCUT2D eigenvalue weighted by Gasteiger charge is -2.23. The number of nitrogens with one attached hydrogen (secondary N) is 2.